The van der Waals surface area contributed by atoms with Crippen LogP contribution >= 0.6 is 23.5 Å². The van der Waals surface area contributed by atoms with E-state index in [1.54, 1.807) is 0 Å². The minimum atomic E-state index is 1.15. The fraction of sp³-hybridized carbons (Fsp3) is 0.429. The van der Waals surface area contributed by atoms with Gasteiger partial charge < -0.3 is 0 Å². The number of thioether (sulfide) groups is 2. The molecule has 0 amide bonds. The first kappa shape index (κ1) is 7.29. The Bertz CT molecular complexity index is 156. The van der Waals surface area contributed by atoms with Crippen molar-refractivity contribution in [2.75, 3.05) is 12.0 Å². The Morgan fingerprint density at radius 1 is 1.67 bits per heavy atom. The second kappa shape index (κ2) is 3.37. The molecule has 9 heavy (non-hydrogen) atoms. The molecule has 0 radical (unpaired) electrons. The predicted molar refractivity (Wildman–Crippen MR) is 47.8 cm³/mol. The van der Waals surface area contributed by atoms with Crippen LogP contribution in [-0.2, 0) is 0 Å². The lowest BCUT2D eigenvalue weighted by Crippen LogP contribution is -1.84. The van der Waals surface area contributed by atoms with Crippen LogP contribution in [0.4, 0.5) is 0 Å². The SMILES string of the molecule is CSC1=C(C)C=CCS1. The Balaban J connectivity index is 2.72. The second-order valence-electron chi connectivity index (χ2n) is 1.89. The van der Waals surface area contributed by atoms with Crippen LogP contribution in [0, 0.1) is 0 Å². The highest BCUT2D eigenvalue weighted by Crippen LogP contribution is 2.32. The Morgan fingerprint density at radius 2 is 2.44 bits per heavy atom. The van der Waals surface area contributed by atoms with Crippen molar-refractivity contribution < 1.29 is 0 Å². The van der Waals surface area contributed by atoms with Crippen LogP contribution in [0.1, 0.15) is 6.92 Å². The lowest BCUT2D eigenvalue weighted by atomic mass is 10.3. The molecular formula is C7H10S2. The third-order valence-corrected chi connectivity index (χ3v) is 3.68. The zero-order valence-corrected chi connectivity index (χ0v) is 7.31. The first-order chi connectivity index (χ1) is 4.34. The Labute approximate surface area is 64.8 Å². The lowest BCUT2D eigenvalue weighted by molar-refractivity contribution is 1.50. The molecule has 1 heterocycles. The molecule has 0 bridgehead atoms. The maximum Gasteiger partial charge on any atom is 0.0430 e. The summed E-state index contributed by atoms with van der Waals surface area (Å²) in [7, 11) is 0. The molecule has 0 N–H and O–H groups in total. The van der Waals surface area contributed by atoms with E-state index < -0.39 is 0 Å². The quantitative estimate of drug-likeness (QED) is 0.575. The summed E-state index contributed by atoms with van der Waals surface area (Å²) in [5, 5.41) is 0. The highest BCUT2D eigenvalue weighted by atomic mass is 32.2. The van der Waals surface area contributed by atoms with Crippen molar-refractivity contribution in [2.24, 2.45) is 0 Å². The second-order valence-corrected chi connectivity index (χ2v) is 3.99. The molecule has 0 spiro atoms. The van der Waals surface area contributed by atoms with E-state index in [2.05, 4.69) is 25.3 Å². The highest BCUT2D eigenvalue weighted by Gasteiger charge is 2.01. The van der Waals surface area contributed by atoms with Crippen molar-refractivity contribution in [2.45, 2.75) is 6.92 Å². The molecule has 0 unspecified atom stereocenters. The summed E-state index contributed by atoms with van der Waals surface area (Å²) in [4.78, 5) is 0. The Morgan fingerprint density at radius 3 is 2.89 bits per heavy atom. The smallest absolute Gasteiger partial charge is 0.0430 e. The van der Waals surface area contributed by atoms with Crippen LogP contribution in [0.3, 0.4) is 0 Å². The zero-order valence-electron chi connectivity index (χ0n) is 5.68. The largest absolute Gasteiger partial charge is 0.122 e. The molecule has 0 aromatic carbocycles. The molecule has 1 rings (SSSR count). The van der Waals surface area contributed by atoms with Gasteiger partial charge >= 0.3 is 0 Å². The van der Waals surface area contributed by atoms with Crippen molar-refractivity contribution >= 4 is 23.5 Å². The number of hydrogen-bond donors (Lipinski definition) is 0. The zero-order chi connectivity index (χ0) is 6.69. The van der Waals surface area contributed by atoms with Crippen molar-refractivity contribution in [3.63, 3.8) is 0 Å². The molecule has 0 fully saturated rings. The van der Waals surface area contributed by atoms with Crippen molar-refractivity contribution in [1.82, 2.24) is 0 Å². The normalized spacial score (nSPS) is 18.9. The molecule has 0 aromatic heterocycles. The summed E-state index contributed by atoms with van der Waals surface area (Å²) in [6.07, 6.45) is 6.53. The van der Waals surface area contributed by atoms with Gasteiger partial charge in [0.2, 0.25) is 0 Å². The fourth-order valence-electron chi connectivity index (χ4n) is 0.750. The van der Waals surface area contributed by atoms with Gasteiger partial charge in [-0.25, -0.2) is 0 Å². The molecular weight excluding hydrogens is 148 g/mol. The van der Waals surface area contributed by atoms with Gasteiger partial charge in [0.15, 0.2) is 0 Å². The van der Waals surface area contributed by atoms with E-state index in [0.717, 1.165) is 5.75 Å². The average molecular weight is 158 g/mol. The third-order valence-electron chi connectivity index (χ3n) is 1.19. The maximum absolute atomic E-state index is 2.21. The minimum Gasteiger partial charge on any atom is -0.122 e. The standard InChI is InChI=1S/C7H10S2/c1-6-4-3-5-9-7(6)8-2/h3-4H,5H2,1-2H3. The molecule has 50 valence electrons. The summed E-state index contributed by atoms with van der Waals surface area (Å²) in [5.41, 5.74) is 1.42. The molecule has 0 aromatic rings. The van der Waals surface area contributed by atoms with Crippen LogP contribution in [0.5, 0.6) is 0 Å². The number of hydrogen-bond acceptors (Lipinski definition) is 2. The van der Waals surface area contributed by atoms with E-state index in [-0.39, 0.29) is 0 Å². The topological polar surface area (TPSA) is 0 Å². The molecule has 0 nitrogen and oxygen atoms in total. The van der Waals surface area contributed by atoms with Gasteiger partial charge in [-0.2, -0.15) is 0 Å². The van der Waals surface area contributed by atoms with Crippen molar-refractivity contribution in [3.8, 4) is 0 Å². The van der Waals surface area contributed by atoms with E-state index in [1.807, 2.05) is 23.5 Å². The third kappa shape index (κ3) is 1.80. The van der Waals surface area contributed by atoms with Crippen LogP contribution in [0.2, 0.25) is 0 Å². The summed E-state index contributed by atoms with van der Waals surface area (Å²) in [6.45, 7) is 2.16. The molecule has 0 saturated heterocycles. The van der Waals surface area contributed by atoms with Gasteiger partial charge in [0.05, 0.1) is 0 Å². The number of allylic oxidation sites excluding steroid dienone is 2. The molecule has 2 heteroatoms. The molecule has 1 aliphatic heterocycles. The summed E-state index contributed by atoms with van der Waals surface area (Å²) in [6, 6.07) is 0. The van der Waals surface area contributed by atoms with E-state index in [1.165, 1.54) is 9.81 Å². The summed E-state index contributed by atoms with van der Waals surface area (Å²) in [5.74, 6) is 1.15. The van der Waals surface area contributed by atoms with Gasteiger partial charge in [-0.3, -0.25) is 0 Å². The molecule has 0 aliphatic carbocycles. The van der Waals surface area contributed by atoms with Crippen molar-refractivity contribution in [3.05, 3.63) is 22.0 Å². The van der Waals surface area contributed by atoms with Crippen LogP contribution in [0.25, 0.3) is 0 Å². The fourth-order valence-corrected chi connectivity index (χ4v) is 2.46. The van der Waals surface area contributed by atoms with Gasteiger partial charge in [0.1, 0.15) is 0 Å². The molecule has 0 saturated carbocycles. The molecule has 0 atom stereocenters. The van der Waals surface area contributed by atoms with Crippen LogP contribution in [0.15, 0.2) is 22.0 Å². The van der Waals surface area contributed by atoms with Gasteiger partial charge in [-0.1, -0.05) is 12.2 Å². The van der Waals surface area contributed by atoms with Gasteiger partial charge in [0.25, 0.3) is 0 Å². The summed E-state index contributed by atoms with van der Waals surface area (Å²) >= 11 is 3.77. The number of rotatable bonds is 1. The van der Waals surface area contributed by atoms with E-state index >= 15 is 0 Å². The van der Waals surface area contributed by atoms with Gasteiger partial charge in [-0.15, -0.1) is 23.5 Å². The minimum absolute atomic E-state index is 1.15. The first-order valence-corrected chi connectivity index (χ1v) is 5.10. The predicted octanol–water partition coefficient (Wildman–Crippen LogP) is 2.88. The van der Waals surface area contributed by atoms with Gasteiger partial charge in [0, 0.05) is 9.99 Å². The maximum atomic E-state index is 2.21. The lowest BCUT2D eigenvalue weighted by Gasteiger charge is -2.08. The van der Waals surface area contributed by atoms with Crippen LogP contribution < -0.4 is 0 Å². The summed E-state index contributed by atoms with van der Waals surface area (Å²) < 4.78 is 1.47. The first-order valence-electron chi connectivity index (χ1n) is 2.89. The van der Waals surface area contributed by atoms with E-state index in [9.17, 15) is 0 Å². The van der Waals surface area contributed by atoms with Crippen LogP contribution in [-0.4, -0.2) is 12.0 Å². The van der Waals surface area contributed by atoms with E-state index in [0.29, 0.717) is 0 Å². The monoisotopic (exact) mass is 158 g/mol. The highest BCUT2D eigenvalue weighted by molar-refractivity contribution is 8.22. The Hall–Kier alpha value is 0.180. The molecule has 1 aliphatic rings. The van der Waals surface area contributed by atoms with E-state index in [4.69, 9.17) is 0 Å². The van der Waals surface area contributed by atoms with Crippen molar-refractivity contribution in [1.29, 1.82) is 0 Å². The Kier molecular flexibility index (Phi) is 2.73. The van der Waals surface area contributed by atoms with Gasteiger partial charge in [-0.05, 0) is 18.8 Å². The average Bonchev–Trinajstić information content (AvgIpc) is 1.89.